The Balaban J connectivity index is 1.60. The molecule has 0 amide bonds. The average Bonchev–Trinajstić information content (AvgIpc) is 2.96. The fourth-order valence-corrected chi connectivity index (χ4v) is 3.79. The van der Waals surface area contributed by atoms with E-state index < -0.39 is 11.9 Å². The van der Waals surface area contributed by atoms with Gasteiger partial charge in [-0.05, 0) is 31.6 Å². The molecule has 2 atom stereocenters. The van der Waals surface area contributed by atoms with Crippen LogP contribution in [0.4, 0.5) is 5.13 Å². The van der Waals surface area contributed by atoms with Crippen LogP contribution in [0.15, 0.2) is 0 Å². The van der Waals surface area contributed by atoms with Crippen molar-refractivity contribution in [3.63, 3.8) is 0 Å². The second-order valence-electron chi connectivity index (χ2n) is 5.22. The zero-order valence-corrected chi connectivity index (χ0v) is 11.5. The van der Waals surface area contributed by atoms with E-state index in [4.69, 9.17) is 9.84 Å². The van der Waals surface area contributed by atoms with E-state index in [0.717, 1.165) is 48.3 Å². The van der Waals surface area contributed by atoms with Gasteiger partial charge in [-0.15, -0.1) is 11.3 Å². The molecule has 1 fully saturated rings. The van der Waals surface area contributed by atoms with Gasteiger partial charge in [0.25, 0.3) is 0 Å². The van der Waals surface area contributed by atoms with Crippen LogP contribution in [-0.2, 0) is 16.0 Å². The molecule has 2 aliphatic rings. The van der Waals surface area contributed by atoms with E-state index in [1.165, 1.54) is 6.42 Å². The number of carbonyl (C=O) groups is 1. The number of anilines is 1. The van der Waals surface area contributed by atoms with Crippen LogP contribution in [0.25, 0.3) is 0 Å². The monoisotopic (exact) mass is 282 g/mol. The summed E-state index contributed by atoms with van der Waals surface area (Å²) in [7, 11) is 0. The molecule has 2 heterocycles. The molecule has 104 valence electrons. The number of carboxylic acids is 1. The van der Waals surface area contributed by atoms with Crippen LogP contribution in [0.2, 0.25) is 0 Å². The number of nitrogens with one attached hydrogen (secondary N) is 1. The molecule has 0 spiro atoms. The number of rotatable bonds is 4. The maximum absolute atomic E-state index is 11.1. The molecule has 6 heteroatoms. The number of thiazole rings is 1. The van der Waals surface area contributed by atoms with Gasteiger partial charge in [0.15, 0.2) is 5.13 Å². The average molecular weight is 282 g/mol. The Kier molecular flexibility index (Phi) is 3.70. The number of nitrogens with zero attached hydrogens (tertiary/aromatic N) is 1. The summed E-state index contributed by atoms with van der Waals surface area (Å²) >= 11 is 1.61. The number of aliphatic carboxylic acids is 1. The zero-order chi connectivity index (χ0) is 13.2. The normalized spacial score (nSPS) is 26.1. The van der Waals surface area contributed by atoms with Crippen molar-refractivity contribution in [1.82, 2.24) is 4.98 Å². The first kappa shape index (κ1) is 12.9. The minimum atomic E-state index is -0.753. The highest BCUT2D eigenvalue weighted by molar-refractivity contribution is 7.15. The SMILES string of the molecule is O=C(O)C1CCc2sc(NCC3CCCOC3)nc21. The summed E-state index contributed by atoms with van der Waals surface area (Å²) in [4.78, 5) is 16.7. The highest BCUT2D eigenvalue weighted by atomic mass is 32.1. The van der Waals surface area contributed by atoms with Crippen molar-refractivity contribution in [2.24, 2.45) is 5.92 Å². The number of hydrogen-bond acceptors (Lipinski definition) is 5. The molecule has 0 radical (unpaired) electrons. The molecule has 1 aromatic heterocycles. The summed E-state index contributed by atoms with van der Waals surface area (Å²) < 4.78 is 5.45. The lowest BCUT2D eigenvalue weighted by Crippen LogP contribution is -2.24. The van der Waals surface area contributed by atoms with E-state index in [1.807, 2.05) is 0 Å². The Morgan fingerprint density at radius 2 is 2.42 bits per heavy atom. The summed E-state index contributed by atoms with van der Waals surface area (Å²) in [6.07, 6.45) is 3.86. The van der Waals surface area contributed by atoms with Crippen LogP contribution in [0.3, 0.4) is 0 Å². The number of hydrogen-bond donors (Lipinski definition) is 2. The molecular weight excluding hydrogens is 264 g/mol. The van der Waals surface area contributed by atoms with Gasteiger partial charge in [-0.25, -0.2) is 4.98 Å². The van der Waals surface area contributed by atoms with Crippen LogP contribution in [-0.4, -0.2) is 35.8 Å². The summed E-state index contributed by atoms with van der Waals surface area (Å²) in [6, 6.07) is 0. The molecule has 2 unspecified atom stereocenters. The third kappa shape index (κ3) is 2.74. The van der Waals surface area contributed by atoms with Gasteiger partial charge in [-0.2, -0.15) is 0 Å². The molecule has 1 aromatic rings. The van der Waals surface area contributed by atoms with Crippen molar-refractivity contribution in [1.29, 1.82) is 0 Å². The predicted molar refractivity (Wildman–Crippen MR) is 72.8 cm³/mol. The number of aryl methyl sites for hydroxylation is 1. The first-order chi connectivity index (χ1) is 9.24. The molecule has 5 nitrogen and oxygen atoms in total. The van der Waals surface area contributed by atoms with Crippen molar-refractivity contribution in [2.45, 2.75) is 31.6 Å². The molecular formula is C13H18N2O3S. The van der Waals surface area contributed by atoms with Crippen molar-refractivity contribution in [3.8, 4) is 0 Å². The molecule has 1 saturated heterocycles. The van der Waals surface area contributed by atoms with Crippen molar-refractivity contribution in [2.75, 3.05) is 25.1 Å². The Morgan fingerprint density at radius 1 is 1.53 bits per heavy atom. The van der Waals surface area contributed by atoms with Crippen molar-refractivity contribution in [3.05, 3.63) is 10.6 Å². The predicted octanol–water partition coefficient (Wildman–Crippen LogP) is 2.10. The highest BCUT2D eigenvalue weighted by Crippen LogP contribution is 2.38. The summed E-state index contributed by atoms with van der Waals surface area (Å²) in [5.74, 6) is -0.612. The Bertz CT molecular complexity index is 468. The summed E-state index contributed by atoms with van der Waals surface area (Å²) in [6.45, 7) is 2.56. The van der Waals surface area contributed by atoms with Crippen molar-refractivity contribution >= 4 is 22.4 Å². The van der Waals surface area contributed by atoms with Gasteiger partial charge in [0.2, 0.25) is 0 Å². The smallest absolute Gasteiger partial charge is 0.312 e. The Labute approximate surface area is 116 Å². The number of aromatic nitrogens is 1. The second kappa shape index (κ2) is 5.46. The lowest BCUT2D eigenvalue weighted by Gasteiger charge is -2.21. The lowest BCUT2D eigenvalue weighted by molar-refractivity contribution is -0.138. The minimum Gasteiger partial charge on any atom is -0.481 e. The molecule has 1 aliphatic carbocycles. The van der Waals surface area contributed by atoms with E-state index in [0.29, 0.717) is 12.3 Å². The van der Waals surface area contributed by atoms with Crippen LogP contribution in [0.1, 0.15) is 35.8 Å². The van der Waals surface area contributed by atoms with E-state index in [2.05, 4.69) is 10.3 Å². The van der Waals surface area contributed by atoms with Crippen molar-refractivity contribution < 1.29 is 14.6 Å². The number of ether oxygens (including phenoxy) is 1. The standard InChI is InChI=1S/C13H18N2O3S/c16-12(17)9-3-4-10-11(9)15-13(19-10)14-6-8-2-1-5-18-7-8/h8-9H,1-7H2,(H,14,15)(H,16,17). The van der Waals surface area contributed by atoms with Gasteiger partial charge in [0.1, 0.15) is 5.92 Å². The van der Waals surface area contributed by atoms with Crippen LogP contribution < -0.4 is 5.32 Å². The molecule has 2 N–H and O–H groups in total. The van der Waals surface area contributed by atoms with E-state index in [-0.39, 0.29) is 0 Å². The van der Waals surface area contributed by atoms with Gasteiger partial charge in [-0.1, -0.05) is 0 Å². The molecule has 3 rings (SSSR count). The van der Waals surface area contributed by atoms with E-state index >= 15 is 0 Å². The van der Waals surface area contributed by atoms with Crippen LogP contribution in [0, 0.1) is 5.92 Å². The Hall–Kier alpha value is -1.14. The van der Waals surface area contributed by atoms with Crippen LogP contribution >= 0.6 is 11.3 Å². The maximum Gasteiger partial charge on any atom is 0.312 e. The van der Waals surface area contributed by atoms with E-state index in [9.17, 15) is 4.79 Å². The maximum atomic E-state index is 11.1. The summed E-state index contributed by atoms with van der Waals surface area (Å²) in [5.41, 5.74) is 0.778. The summed E-state index contributed by atoms with van der Waals surface area (Å²) in [5, 5.41) is 13.3. The number of carboxylic acid groups (broad SMARTS) is 1. The first-order valence-electron chi connectivity index (χ1n) is 6.78. The van der Waals surface area contributed by atoms with Gasteiger partial charge in [0.05, 0.1) is 12.3 Å². The molecule has 0 bridgehead atoms. The van der Waals surface area contributed by atoms with Gasteiger partial charge in [-0.3, -0.25) is 4.79 Å². The number of fused-ring (bicyclic) bond motifs is 1. The largest absolute Gasteiger partial charge is 0.481 e. The fraction of sp³-hybridized carbons (Fsp3) is 0.692. The van der Waals surface area contributed by atoms with E-state index in [1.54, 1.807) is 11.3 Å². The highest BCUT2D eigenvalue weighted by Gasteiger charge is 2.32. The fourth-order valence-electron chi connectivity index (χ4n) is 2.74. The quantitative estimate of drug-likeness (QED) is 0.885. The minimum absolute atomic E-state index is 0.403. The third-order valence-electron chi connectivity index (χ3n) is 3.81. The molecule has 19 heavy (non-hydrogen) atoms. The molecule has 0 saturated carbocycles. The zero-order valence-electron chi connectivity index (χ0n) is 10.7. The molecule has 0 aromatic carbocycles. The third-order valence-corrected chi connectivity index (χ3v) is 4.90. The van der Waals surface area contributed by atoms with Gasteiger partial charge in [0, 0.05) is 18.0 Å². The molecule has 1 aliphatic heterocycles. The Morgan fingerprint density at radius 3 is 3.16 bits per heavy atom. The topological polar surface area (TPSA) is 71.5 Å². The van der Waals surface area contributed by atoms with Gasteiger partial charge >= 0.3 is 5.97 Å². The van der Waals surface area contributed by atoms with Gasteiger partial charge < -0.3 is 15.2 Å². The van der Waals surface area contributed by atoms with Crippen LogP contribution in [0.5, 0.6) is 0 Å². The second-order valence-corrected chi connectivity index (χ2v) is 6.30. The first-order valence-corrected chi connectivity index (χ1v) is 7.59. The lowest BCUT2D eigenvalue weighted by atomic mass is 10.0.